The molecular weight excluding hydrogens is 276 g/mol. The predicted molar refractivity (Wildman–Crippen MR) is 90.8 cm³/mol. The van der Waals surface area contributed by atoms with Gasteiger partial charge in [-0.1, -0.05) is 13.8 Å². The molecule has 116 valence electrons. The van der Waals surface area contributed by atoms with Crippen LogP contribution in [0.3, 0.4) is 0 Å². The number of rotatable bonds is 12. The summed E-state index contributed by atoms with van der Waals surface area (Å²) in [5, 5.41) is 3.47. The normalized spacial score (nSPS) is 18.0. The molecule has 0 aromatic heterocycles. The van der Waals surface area contributed by atoms with Gasteiger partial charge in [0.15, 0.2) is 0 Å². The van der Waals surface area contributed by atoms with Crippen LogP contribution in [0.2, 0.25) is 0 Å². The van der Waals surface area contributed by atoms with Gasteiger partial charge in [-0.2, -0.15) is 0 Å². The molecule has 19 heavy (non-hydrogen) atoms. The molecule has 0 aromatic carbocycles. The topological polar surface area (TPSA) is 30.5 Å². The van der Waals surface area contributed by atoms with E-state index in [1.807, 2.05) is 0 Å². The number of hydrogen-bond acceptors (Lipinski definition) is 3. The molecule has 0 saturated carbocycles. The lowest BCUT2D eigenvalue weighted by atomic mass is 10.3. The maximum atomic E-state index is 6.01. The van der Waals surface area contributed by atoms with Crippen molar-refractivity contribution in [2.24, 2.45) is 0 Å². The van der Waals surface area contributed by atoms with Gasteiger partial charge in [-0.05, 0) is 51.9 Å². The Kier molecular flexibility index (Phi) is 13.0. The van der Waals surface area contributed by atoms with E-state index in [-0.39, 0.29) is 24.7 Å². The molecule has 0 heterocycles. The van der Waals surface area contributed by atoms with E-state index in [1.54, 1.807) is 0 Å². The molecule has 0 aromatic rings. The van der Waals surface area contributed by atoms with Crippen LogP contribution in [-0.4, -0.2) is 37.0 Å². The molecule has 1 N–H and O–H groups in total. The van der Waals surface area contributed by atoms with Gasteiger partial charge in [0.1, 0.15) is 12.5 Å². The average molecular weight is 309 g/mol. The first-order valence-corrected chi connectivity index (χ1v) is 9.17. The Balaban J connectivity index is 4.15. The van der Waals surface area contributed by atoms with Crippen LogP contribution < -0.4 is 5.32 Å². The Morgan fingerprint density at radius 3 is 1.47 bits per heavy atom. The highest BCUT2D eigenvalue weighted by Gasteiger charge is 2.17. The van der Waals surface area contributed by atoms with Crippen molar-refractivity contribution in [3.63, 3.8) is 0 Å². The van der Waals surface area contributed by atoms with Crippen molar-refractivity contribution < 1.29 is 9.47 Å². The molecule has 0 aliphatic rings. The van der Waals surface area contributed by atoms with Crippen molar-refractivity contribution in [2.45, 2.75) is 78.0 Å². The minimum Gasteiger partial charge on any atom is -0.360 e. The molecule has 0 amide bonds. The van der Waals surface area contributed by atoms with Crippen molar-refractivity contribution in [1.82, 2.24) is 5.32 Å². The Labute approximate surface area is 124 Å². The molecule has 0 radical (unpaired) electrons. The summed E-state index contributed by atoms with van der Waals surface area (Å²) >= 11 is 0. The zero-order chi connectivity index (χ0) is 14.7. The first-order chi connectivity index (χ1) is 9.07. The molecule has 0 rings (SSSR count). The van der Waals surface area contributed by atoms with Gasteiger partial charge in [-0.25, -0.2) is 0 Å². The maximum Gasteiger partial charge on any atom is 0.110 e. The quantitative estimate of drug-likeness (QED) is 0.443. The van der Waals surface area contributed by atoms with Crippen LogP contribution in [0.15, 0.2) is 0 Å². The van der Waals surface area contributed by atoms with E-state index in [0.29, 0.717) is 0 Å². The van der Waals surface area contributed by atoms with Gasteiger partial charge >= 0.3 is 0 Å². The third kappa shape index (κ3) is 10.2. The lowest BCUT2D eigenvalue weighted by molar-refractivity contribution is -0.0898. The largest absolute Gasteiger partial charge is 0.360 e. The van der Waals surface area contributed by atoms with E-state index in [1.165, 1.54) is 0 Å². The highest BCUT2D eigenvalue weighted by molar-refractivity contribution is 7.16. The molecule has 5 heteroatoms. The summed E-state index contributed by atoms with van der Waals surface area (Å²) in [5.74, 6) is 0. The first-order valence-electron chi connectivity index (χ1n) is 7.54. The van der Waals surface area contributed by atoms with Crippen molar-refractivity contribution in [2.75, 3.05) is 12.3 Å². The van der Waals surface area contributed by atoms with Crippen LogP contribution in [0.25, 0.3) is 0 Å². The van der Waals surface area contributed by atoms with Crippen molar-refractivity contribution in [3.8, 4) is 0 Å². The summed E-state index contributed by atoms with van der Waals surface area (Å²) in [5.41, 5.74) is 0. The molecule has 0 bridgehead atoms. The monoisotopic (exact) mass is 309 g/mol. The number of nitrogens with one attached hydrogen (secondary N) is 1. The molecule has 6 unspecified atom stereocenters. The fraction of sp³-hybridized carbons (Fsp3) is 1.00. The Hall–Kier alpha value is 0.740. The van der Waals surface area contributed by atoms with E-state index in [9.17, 15) is 0 Å². The van der Waals surface area contributed by atoms with Crippen molar-refractivity contribution >= 4 is 18.5 Å². The number of ether oxygens (including phenoxy) is 2. The highest BCUT2D eigenvalue weighted by atomic mass is 31.0. The van der Waals surface area contributed by atoms with Gasteiger partial charge < -0.3 is 9.47 Å². The van der Waals surface area contributed by atoms with Gasteiger partial charge in [0, 0.05) is 0 Å². The van der Waals surface area contributed by atoms with E-state index in [4.69, 9.17) is 9.47 Å². The summed E-state index contributed by atoms with van der Waals surface area (Å²) < 4.78 is 12.0. The van der Waals surface area contributed by atoms with E-state index in [0.717, 1.165) is 38.0 Å². The third-order valence-electron chi connectivity index (χ3n) is 3.05. The molecule has 6 atom stereocenters. The third-order valence-corrected chi connectivity index (χ3v) is 3.72. The first kappa shape index (κ1) is 19.7. The minimum absolute atomic E-state index is 0.0831. The second-order valence-corrected chi connectivity index (χ2v) is 6.16. The molecule has 0 spiro atoms. The van der Waals surface area contributed by atoms with Crippen LogP contribution in [-0.2, 0) is 9.47 Å². The zero-order valence-electron chi connectivity index (χ0n) is 13.0. The van der Waals surface area contributed by atoms with Crippen LogP contribution in [0, 0.1) is 0 Å². The molecular formula is C14H33NO2P2. The second kappa shape index (κ2) is 12.5. The SMILES string of the molecule is CCC(NC(CC)OC(C)CCP)OC(C)CCP. The van der Waals surface area contributed by atoms with Crippen LogP contribution in [0.5, 0.6) is 0 Å². The van der Waals surface area contributed by atoms with Gasteiger partial charge in [0.25, 0.3) is 0 Å². The van der Waals surface area contributed by atoms with Crippen molar-refractivity contribution in [3.05, 3.63) is 0 Å². The van der Waals surface area contributed by atoms with Gasteiger partial charge in [-0.3, -0.25) is 5.32 Å². The van der Waals surface area contributed by atoms with E-state index < -0.39 is 0 Å². The average Bonchev–Trinajstić information content (AvgIpc) is 2.37. The Morgan fingerprint density at radius 2 is 1.21 bits per heavy atom. The van der Waals surface area contributed by atoms with Crippen molar-refractivity contribution in [1.29, 1.82) is 0 Å². The second-order valence-electron chi connectivity index (χ2n) is 5.01. The molecule has 0 aliphatic heterocycles. The van der Waals surface area contributed by atoms with Gasteiger partial charge in [-0.15, -0.1) is 18.5 Å². The lowest BCUT2D eigenvalue weighted by Gasteiger charge is -2.29. The van der Waals surface area contributed by atoms with E-state index >= 15 is 0 Å². The van der Waals surface area contributed by atoms with Gasteiger partial charge in [0.2, 0.25) is 0 Å². The fourth-order valence-electron chi connectivity index (χ4n) is 1.88. The minimum atomic E-state index is 0.0831. The summed E-state index contributed by atoms with van der Waals surface area (Å²) in [4.78, 5) is 0. The van der Waals surface area contributed by atoms with E-state index in [2.05, 4.69) is 51.5 Å². The molecule has 0 fully saturated rings. The van der Waals surface area contributed by atoms with Crippen LogP contribution in [0.4, 0.5) is 0 Å². The molecule has 0 aliphatic carbocycles. The van der Waals surface area contributed by atoms with Crippen LogP contribution in [0.1, 0.15) is 53.4 Å². The predicted octanol–water partition coefficient (Wildman–Crippen LogP) is 3.39. The summed E-state index contributed by atoms with van der Waals surface area (Å²) in [6.45, 7) is 8.55. The zero-order valence-corrected chi connectivity index (χ0v) is 15.3. The fourth-order valence-corrected chi connectivity index (χ4v) is 2.82. The summed E-state index contributed by atoms with van der Waals surface area (Å²) in [7, 11) is 5.50. The van der Waals surface area contributed by atoms with Crippen LogP contribution >= 0.6 is 18.5 Å². The van der Waals surface area contributed by atoms with Gasteiger partial charge in [0.05, 0.1) is 12.2 Å². The smallest absolute Gasteiger partial charge is 0.110 e. The molecule has 3 nitrogen and oxygen atoms in total. The summed E-state index contributed by atoms with van der Waals surface area (Å²) in [6, 6.07) is 0. The Morgan fingerprint density at radius 1 is 0.842 bits per heavy atom. The maximum absolute atomic E-state index is 6.01. The highest BCUT2D eigenvalue weighted by Crippen LogP contribution is 2.10. The standard InChI is InChI=1S/C14H33NO2P2/c1-5-13(16-11(3)7-9-18)15-14(6-2)17-12(4)8-10-19/h11-15H,5-10,18-19H2,1-4H3. The Bertz CT molecular complexity index is 188. The lowest BCUT2D eigenvalue weighted by Crippen LogP contribution is -2.43. The summed E-state index contributed by atoms with van der Waals surface area (Å²) in [6.07, 6.45) is 6.97. The molecule has 0 saturated heterocycles. The number of hydrogen-bond donors (Lipinski definition) is 1.